The van der Waals surface area contributed by atoms with E-state index in [0.29, 0.717) is 18.7 Å². The molecule has 1 amide bonds. The smallest absolute Gasteiger partial charge is 0.340 e. The van der Waals surface area contributed by atoms with Crippen LogP contribution in [-0.4, -0.2) is 30.8 Å². The molecular weight excluding hydrogens is 325 g/mol. The maximum absolute atomic E-state index is 12.9. The fraction of sp³-hybridized carbons (Fsp3) is 0.211. The molecule has 0 aliphatic carbocycles. The van der Waals surface area contributed by atoms with Gasteiger partial charge in [0.2, 0.25) is 5.91 Å². The highest BCUT2D eigenvalue weighted by molar-refractivity contribution is 6.04. The Morgan fingerprint density at radius 1 is 1.08 bits per heavy atom. The fourth-order valence-electron chi connectivity index (χ4n) is 2.71. The largest absolute Gasteiger partial charge is 0.454 e. The van der Waals surface area contributed by atoms with Crippen LogP contribution in [0.5, 0.6) is 0 Å². The molecule has 0 bridgehead atoms. The predicted octanol–water partition coefficient (Wildman–Crippen LogP) is 2.99. The molecule has 0 saturated carbocycles. The van der Waals surface area contributed by atoms with Crippen molar-refractivity contribution in [3.63, 3.8) is 0 Å². The number of ether oxygens (including phenoxy) is 1. The van der Waals surface area contributed by atoms with E-state index in [1.807, 2.05) is 0 Å². The van der Waals surface area contributed by atoms with E-state index >= 15 is 0 Å². The van der Waals surface area contributed by atoms with Crippen LogP contribution in [0.4, 0.5) is 10.1 Å². The predicted molar refractivity (Wildman–Crippen MR) is 89.0 cm³/mol. The number of nitrogens with zero attached hydrogens (tertiary/aromatic N) is 1. The van der Waals surface area contributed by atoms with Gasteiger partial charge in [0.15, 0.2) is 12.4 Å². The minimum Gasteiger partial charge on any atom is -0.454 e. The first-order valence-corrected chi connectivity index (χ1v) is 7.91. The molecule has 0 radical (unpaired) electrons. The van der Waals surface area contributed by atoms with E-state index in [9.17, 15) is 18.8 Å². The van der Waals surface area contributed by atoms with Gasteiger partial charge in [0.25, 0.3) is 0 Å². The second kappa shape index (κ2) is 7.25. The number of hydrogen-bond acceptors (Lipinski definition) is 4. The molecule has 1 saturated heterocycles. The number of ketones is 1. The van der Waals surface area contributed by atoms with Crippen LogP contribution in [0.3, 0.4) is 0 Å². The van der Waals surface area contributed by atoms with Crippen molar-refractivity contribution in [2.45, 2.75) is 12.8 Å². The molecule has 2 aromatic rings. The molecule has 0 spiro atoms. The van der Waals surface area contributed by atoms with E-state index in [4.69, 9.17) is 4.74 Å². The second-order valence-electron chi connectivity index (χ2n) is 5.67. The van der Waals surface area contributed by atoms with Gasteiger partial charge in [-0.3, -0.25) is 9.59 Å². The first kappa shape index (κ1) is 16.8. The Bertz CT molecular complexity index is 816. The molecule has 0 aromatic heterocycles. The van der Waals surface area contributed by atoms with Crippen LogP contribution < -0.4 is 4.90 Å². The first-order chi connectivity index (χ1) is 12.1. The number of carbonyl (C=O) groups excluding carboxylic acids is 3. The SMILES string of the molecule is O=C(COC(=O)c1ccccc1N1CCCC1=O)c1ccc(F)cc1. The van der Waals surface area contributed by atoms with Crippen LogP contribution in [0.1, 0.15) is 33.6 Å². The molecule has 128 valence electrons. The van der Waals surface area contributed by atoms with Crippen molar-refractivity contribution < 1.29 is 23.5 Å². The maximum Gasteiger partial charge on any atom is 0.340 e. The highest BCUT2D eigenvalue weighted by Gasteiger charge is 2.26. The summed E-state index contributed by atoms with van der Waals surface area (Å²) in [5, 5.41) is 0. The quantitative estimate of drug-likeness (QED) is 0.619. The lowest BCUT2D eigenvalue weighted by Crippen LogP contribution is -2.26. The minimum atomic E-state index is -0.675. The number of benzene rings is 2. The molecule has 5 nitrogen and oxygen atoms in total. The summed E-state index contributed by atoms with van der Waals surface area (Å²) in [7, 11) is 0. The topological polar surface area (TPSA) is 63.7 Å². The van der Waals surface area contributed by atoms with E-state index in [0.717, 1.165) is 6.42 Å². The lowest BCUT2D eigenvalue weighted by atomic mass is 10.1. The van der Waals surface area contributed by atoms with Crippen molar-refractivity contribution in [2.75, 3.05) is 18.1 Å². The van der Waals surface area contributed by atoms with Crippen LogP contribution in [0.15, 0.2) is 48.5 Å². The zero-order valence-corrected chi connectivity index (χ0v) is 13.4. The highest BCUT2D eigenvalue weighted by atomic mass is 19.1. The molecule has 1 heterocycles. The monoisotopic (exact) mass is 341 g/mol. The molecule has 2 aromatic carbocycles. The molecule has 6 heteroatoms. The summed E-state index contributed by atoms with van der Waals surface area (Å²) in [6.07, 6.45) is 1.19. The van der Waals surface area contributed by atoms with Gasteiger partial charge in [-0.25, -0.2) is 9.18 Å². The summed E-state index contributed by atoms with van der Waals surface area (Å²) in [4.78, 5) is 37.8. The van der Waals surface area contributed by atoms with Gasteiger partial charge in [-0.05, 0) is 42.8 Å². The van der Waals surface area contributed by atoms with Crippen molar-refractivity contribution in [3.8, 4) is 0 Å². The number of carbonyl (C=O) groups is 3. The minimum absolute atomic E-state index is 0.0392. The third kappa shape index (κ3) is 3.74. The number of para-hydroxylation sites is 1. The maximum atomic E-state index is 12.9. The van der Waals surface area contributed by atoms with Crippen molar-refractivity contribution in [3.05, 3.63) is 65.5 Å². The number of halogens is 1. The number of Topliss-reactive ketones (excluding diaryl/α,β-unsaturated/α-hetero) is 1. The van der Waals surface area contributed by atoms with Gasteiger partial charge in [0, 0.05) is 18.5 Å². The Balaban J connectivity index is 1.70. The molecule has 1 aliphatic heterocycles. The van der Waals surface area contributed by atoms with Crippen molar-refractivity contribution >= 4 is 23.3 Å². The lowest BCUT2D eigenvalue weighted by molar-refractivity contribution is -0.117. The third-order valence-corrected chi connectivity index (χ3v) is 3.99. The zero-order valence-electron chi connectivity index (χ0n) is 13.4. The summed E-state index contributed by atoms with van der Waals surface area (Å²) in [6.45, 7) is 0.102. The molecular formula is C19H16FNO4. The Labute approximate surface area is 144 Å². The molecule has 25 heavy (non-hydrogen) atoms. The van der Waals surface area contributed by atoms with Crippen LogP contribution in [0, 0.1) is 5.82 Å². The highest BCUT2D eigenvalue weighted by Crippen LogP contribution is 2.26. The molecule has 0 unspecified atom stereocenters. The molecule has 0 N–H and O–H groups in total. The van der Waals surface area contributed by atoms with Gasteiger partial charge in [-0.15, -0.1) is 0 Å². The van der Waals surface area contributed by atoms with Gasteiger partial charge in [-0.1, -0.05) is 12.1 Å². The van der Waals surface area contributed by atoms with Crippen molar-refractivity contribution in [2.24, 2.45) is 0 Å². The van der Waals surface area contributed by atoms with Crippen molar-refractivity contribution in [1.82, 2.24) is 0 Å². The normalized spacial score (nSPS) is 13.8. The zero-order chi connectivity index (χ0) is 17.8. The summed E-state index contributed by atoms with van der Waals surface area (Å²) in [6, 6.07) is 11.7. The lowest BCUT2D eigenvalue weighted by Gasteiger charge is -2.18. The fourth-order valence-corrected chi connectivity index (χ4v) is 2.71. The summed E-state index contributed by atoms with van der Waals surface area (Å²) in [5.74, 6) is -1.59. The third-order valence-electron chi connectivity index (χ3n) is 3.99. The van der Waals surface area contributed by atoms with Gasteiger partial charge < -0.3 is 9.64 Å². The summed E-state index contributed by atoms with van der Waals surface area (Å²) < 4.78 is 18.0. The Hall–Kier alpha value is -3.02. The second-order valence-corrected chi connectivity index (χ2v) is 5.67. The summed E-state index contributed by atoms with van der Waals surface area (Å²) >= 11 is 0. The Morgan fingerprint density at radius 3 is 2.48 bits per heavy atom. The average molecular weight is 341 g/mol. The standard InChI is InChI=1S/C19H16FNO4/c20-14-9-7-13(8-10-14)17(22)12-25-19(24)15-4-1-2-5-16(15)21-11-3-6-18(21)23/h1-2,4-5,7-10H,3,6,11-12H2. The number of amides is 1. The van der Waals surface area contributed by atoms with Crippen LogP contribution >= 0.6 is 0 Å². The van der Waals surface area contributed by atoms with E-state index in [-0.39, 0.29) is 17.0 Å². The number of esters is 1. The van der Waals surface area contributed by atoms with E-state index < -0.39 is 24.2 Å². The van der Waals surface area contributed by atoms with Crippen LogP contribution in [-0.2, 0) is 9.53 Å². The number of anilines is 1. The number of rotatable bonds is 5. The van der Waals surface area contributed by atoms with E-state index in [2.05, 4.69) is 0 Å². The van der Waals surface area contributed by atoms with Gasteiger partial charge in [0.1, 0.15) is 5.82 Å². The van der Waals surface area contributed by atoms with Crippen LogP contribution in [0.2, 0.25) is 0 Å². The number of hydrogen-bond donors (Lipinski definition) is 0. The van der Waals surface area contributed by atoms with Crippen LogP contribution in [0.25, 0.3) is 0 Å². The molecule has 1 aliphatic rings. The average Bonchev–Trinajstić information content (AvgIpc) is 3.06. The summed E-state index contributed by atoms with van der Waals surface area (Å²) in [5.41, 5.74) is 0.992. The molecule has 1 fully saturated rings. The van der Waals surface area contributed by atoms with E-state index in [1.54, 1.807) is 29.2 Å². The first-order valence-electron chi connectivity index (χ1n) is 7.91. The van der Waals surface area contributed by atoms with Gasteiger partial charge in [0.05, 0.1) is 11.3 Å². The van der Waals surface area contributed by atoms with Gasteiger partial charge >= 0.3 is 5.97 Å². The van der Waals surface area contributed by atoms with Crippen molar-refractivity contribution in [1.29, 1.82) is 0 Å². The Kier molecular flexibility index (Phi) is 4.88. The Morgan fingerprint density at radius 2 is 1.80 bits per heavy atom. The van der Waals surface area contributed by atoms with Gasteiger partial charge in [-0.2, -0.15) is 0 Å². The molecule has 0 atom stereocenters. The molecule has 3 rings (SSSR count). The van der Waals surface area contributed by atoms with E-state index in [1.165, 1.54) is 24.3 Å².